The molecule has 0 atom stereocenters. The SMILES string of the molecule is CCC.CCCCCCC=C(C)C(=O)ON(C)C. The number of allylic oxidation sites excluding steroid dienone is 1. The fourth-order valence-corrected chi connectivity index (χ4v) is 1.21. The highest BCUT2D eigenvalue weighted by Gasteiger charge is 2.06. The predicted molar refractivity (Wildman–Crippen MR) is 78.3 cm³/mol. The molecule has 3 nitrogen and oxygen atoms in total. The summed E-state index contributed by atoms with van der Waals surface area (Å²) in [6, 6.07) is 0. The number of nitrogens with zero attached hydrogens (tertiary/aromatic N) is 1. The lowest BCUT2D eigenvalue weighted by molar-refractivity contribution is -0.172. The van der Waals surface area contributed by atoms with Crippen molar-refractivity contribution in [2.24, 2.45) is 0 Å². The summed E-state index contributed by atoms with van der Waals surface area (Å²) in [7, 11) is 3.40. The van der Waals surface area contributed by atoms with Gasteiger partial charge in [0.25, 0.3) is 0 Å². The smallest absolute Gasteiger partial charge is 0.352 e. The molecule has 0 aliphatic carbocycles. The van der Waals surface area contributed by atoms with Crippen LogP contribution < -0.4 is 0 Å². The largest absolute Gasteiger partial charge is 0.365 e. The van der Waals surface area contributed by atoms with Gasteiger partial charge in [-0.3, -0.25) is 0 Å². The molecule has 108 valence electrons. The Morgan fingerprint density at radius 1 is 1.11 bits per heavy atom. The number of hydrogen-bond acceptors (Lipinski definition) is 3. The fraction of sp³-hybridized carbons (Fsp3) is 0.800. The van der Waals surface area contributed by atoms with E-state index in [9.17, 15) is 4.79 Å². The summed E-state index contributed by atoms with van der Waals surface area (Å²) >= 11 is 0. The fourth-order valence-electron chi connectivity index (χ4n) is 1.21. The van der Waals surface area contributed by atoms with Crippen LogP contribution in [0.3, 0.4) is 0 Å². The van der Waals surface area contributed by atoms with Gasteiger partial charge in [0.2, 0.25) is 0 Å². The first-order valence-corrected chi connectivity index (χ1v) is 7.05. The highest BCUT2D eigenvalue weighted by Crippen LogP contribution is 2.06. The summed E-state index contributed by atoms with van der Waals surface area (Å²) in [5.41, 5.74) is 0.695. The summed E-state index contributed by atoms with van der Waals surface area (Å²) in [4.78, 5) is 16.3. The second-order valence-corrected chi connectivity index (χ2v) is 4.63. The van der Waals surface area contributed by atoms with E-state index in [1.807, 2.05) is 6.08 Å². The molecule has 0 aromatic heterocycles. The molecule has 0 aliphatic rings. The molecule has 0 unspecified atom stereocenters. The third-order valence-electron chi connectivity index (χ3n) is 2.10. The molecular formula is C15H31NO2. The van der Waals surface area contributed by atoms with Crippen LogP contribution in [0.4, 0.5) is 0 Å². The van der Waals surface area contributed by atoms with Crippen molar-refractivity contribution in [3.8, 4) is 0 Å². The minimum atomic E-state index is -0.254. The van der Waals surface area contributed by atoms with Crippen LogP contribution in [-0.4, -0.2) is 25.1 Å². The Balaban J connectivity index is 0. The molecule has 0 saturated carbocycles. The van der Waals surface area contributed by atoms with Crippen LogP contribution in [0.25, 0.3) is 0 Å². The molecule has 18 heavy (non-hydrogen) atoms. The Kier molecular flexibility index (Phi) is 15.4. The Bertz CT molecular complexity index is 223. The van der Waals surface area contributed by atoms with E-state index in [0.29, 0.717) is 5.57 Å². The number of hydroxylamine groups is 2. The summed E-state index contributed by atoms with van der Waals surface area (Å²) in [5.74, 6) is -0.254. The van der Waals surface area contributed by atoms with Crippen LogP contribution in [-0.2, 0) is 9.63 Å². The van der Waals surface area contributed by atoms with Gasteiger partial charge in [0, 0.05) is 19.7 Å². The van der Waals surface area contributed by atoms with Crippen molar-refractivity contribution in [2.45, 2.75) is 66.2 Å². The van der Waals surface area contributed by atoms with Crippen LogP contribution >= 0.6 is 0 Å². The van der Waals surface area contributed by atoms with Crippen molar-refractivity contribution in [1.29, 1.82) is 0 Å². The second kappa shape index (κ2) is 14.2. The average molecular weight is 257 g/mol. The van der Waals surface area contributed by atoms with E-state index >= 15 is 0 Å². The van der Waals surface area contributed by atoms with E-state index in [-0.39, 0.29) is 5.97 Å². The van der Waals surface area contributed by atoms with Crippen molar-refractivity contribution in [1.82, 2.24) is 5.06 Å². The van der Waals surface area contributed by atoms with Crippen molar-refractivity contribution >= 4 is 5.97 Å². The standard InChI is InChI=1S/C12H23NO2.C3H8/c1-5-6-7-8-9-10-11(2)12(14)15-13(3)4;1-3-2/h10H,5-9H2,1-4H3;3H2,1-2H3. The van der Waals surface area contributed by atoms with Gasteiger partial charge in [-0.05, 0) is 19.8 Å². The number of rotatable bonds is 7. The monoisotopic (exact) mass is 257 g/mol. The Morgan fingerprint density at radius 3 is 2.11 bits per heavy atom. The van der Waals surface area contributed by atoms with E-state index in [0.717, 1.165) is 12.8 Å². The van der Waals surface area contributed by atoms with Crippen LogP contribution in [0.15, 0.2) is 11.6 Å². The minimum Gasteiger partial charge on any atom is -0.365 e. The van der Waals surface area contributed by atoms with Crippen molar-refractivity contribution in [3.63, 3.8) is 0 Å². The van der Waals surface area contributed by atoms with Crippen molar-refractivity contribution in [2.75, 3.05) is 14.1 Å². The molecule has 3 heteroatoms. The van der Waals surface area contributed by atoms with Gasteiger partial charge in [0.05, 0.1) is 0 Å². The molecule has 0 aromatic carbocycles. The highest BCUT2D eigenvalue weighted by atomic mass is 16.7. The van der Waals surface area contributed by atoms with Crippen LogP contribution in [0, 0.1) is 0 Å². The second-order valence-electron chi connectivity index (χ2n) is 4.63. The van der Waals surface area contributed by atoms with E-state index in [2.05, 4.69) is 20.8 Å². The van der Waals surface area contributed by atoms with Crippen LogP contribution in [0.5, 0.6) is 0 Å². The van der Waals surface area contributed by atoms with Crippen molar-refractivity contribution in [3.05, 3.63) is 11.6 Å². The van der Waals surface area contributed by atoms with Gasteiger partial charge >= 0.3 is 5.97 Å². The molecule has 0 fully saturated rings. The third kappa shape index (κ3) is 15.2. The zero-order chi connectivity index (χ0) is 14.4. The topological polar surface area (TPSA) is 29.5 Å². The minimum absolute atomic E-state index is 0.254. The summed E-state index contributed by atoms with van der Waals surface area (Å²) in [6.07, 6.45) is 9.08. The lowest BCUT2D eigenvalue weighted by atomic mass is 10.1. The molecule has 0 radical (unpaired) electrons. The maximum absolute atomic E-state index is 11.3. The van der Waals surface area contributed by atoms with Gasteiger partial charge in [-0.15, -0.1) is 5.06 Å². The van der Waals surface area contributed by atoms with E-state index in [4.69, 9.17) is 4.84 Å². The lowest BCUT2D eigenvalue weighted by Gasteiger charge is -2.09. The Labute approximate surface area is 113 Å². The molecule has 0 N–H and O–H groups in total. The van der Waals surface area contributed by atoms with E-state index in [1.165, 1.54) is 30.7 Å². The molecule has 0 saturated heterocycles. The normalized spacial score (nSPS) is 10.9. The van der Waals surface area contributed by atoms with Crippen molar-refractivity contribution < 1.29 is 9.63 Å². The molecule has 0 spiro atoms. The van der Waals surface area contributed by atoms with Gasteiger partial charge in [0.15, 0.2) is 0 Å². The lowest BCUT2D eigenvalue weighted by Crippen LogP contribution is -2.19. The third-order valence-corrected chi connectivity index (χ3v) is 2.10. The summed E-state index contributed by atoms with van der Waals surface area (Å²) in [5, 5.41) is 1.41. The molecule has 0 aliphatic heterocycles. The average Bonchev–Trinajstić information content (AvgIpc) is 2.28. The predicted octanol–water partition coefficient (Wildman–Crippen LogP) is 4.34. The van der Waals surface area contributed by atoms with Gasteiger partial charge in [-0.2, -0.15) is 0 Å². The molecular weight excluding hydrogens is 226 g/mol. The first-order valence-electron chi connectivity index (χ1n) is 7.05. The zero-order valence-corrected chi connectivity index (χ0v) is 13.1. The van der Waals surface area contributed by atoms with Crippen LogP contribution in [0.2, 0.25) is 0 Å². The number of carbonyl (C=O) groups is 1. The molecule has 0 heterocycles. The summed E-state index contributed by atoms with van der Waals surface area (Å²) in [6.45, 7) is 8.24. The quantitative estimate of drug-likeness (QED) is 0.386. The zero-order valence-electron chi connectivity index (χ0n) is 13.1. The first kappa shape index (κ1) is 19.5. The molecule has 0 bridgehead atoms. The van der Waals surface area contributed by atoms with E-state index < -0.39 is 0 Å². The van der Waals surface area contributed by atoms with Gasteiger partial charge in [-0.1, -0.05) is 52.5 Å². The highest BCUT2D eigenvalue weighted by molar-refractivity contribution is 5.87. The van der Waals surface area contributed by atoms with Gasteiger partial charge < -0.3 is 4.84 Å². The maximum Gasteiger partial charge on any atom is 0.352 e. The summed E-state index contributed by atoms with van der Waals surface area (Å²) < 4.78 is 0. The molecule has 0 aromatic rings. The van der Waals surface area contributed by atoms with Gasteiger partial charge in [0.1, 0.15) is 0 Å². The Hall–Kier alpha value is -0.830. The van der Waals surface area contributed by atoms with Crippen LogP contribution in [0.1, 0.15) is 66.2 Å². The number of unbranched alkanes of at least 4 members (excludes halogenated alkanes) is 4. The maximum atomic E-state index is 11.3. The van der Waals surface area contributed by atoms with E-state index in [1.54, 1.807) is 21.0 Å². The number of hydrogen-bond donors (Lipinski definition) is 0. The van der Waals surface area contributed by atoms with Gasteiger partial charge in [-0.25, -0.2) is 4.79 Å². The molecule has 0 amide bonds. The molecule has 0 rings (SSSR count). The first-order chi connectivity index (χ1) is 8.49. The Morgan fingerprint density at radius 2 is 1.67 bits per heavy atom. The number of carbonyl (C=O) groups excluding carboxylic acids is 1.